The zero-order valence-corrected chi connectivity index (χ0v) is 23.9. The number of carbonyl (C=O) groups excluding carboxylic acids is 1. The summed E-state index contributed by atoms with van der Waals surface area (Å²) in [6, 6.07) is 9.88. The van der Waals surface area contributed by atoms with Gasteiger partial charge >= 0.3 is 6.01 Å². The molecule has 3 fully saturated rings. The molecule has 2 aromatic carbocycles. The number of anilines is 1. The Morgan fingerprint density at radius 2 is 2.10 bits per heavy atom. The molecule has 7 rings (SSSR count). The Hall–Kier alpha value is -4.03. The number of rotatable bonds is 7. The fourth-order valence-corrected chi connectivity index (χ4v) is 7.27. The predicted octanol–water partition coefficient (Wildman–Crippen LogP) is 4.69. The molecular formula is C33H35FN6O2. The molecule has 1 saturated carbocycles. The molecule has 2 aliphatic carbocycles. The van der Waals surface area contributed by atoms with Crippen molar-refractivity contribution in [2.75, 3.05) is 51.3 Å². The van der Waals surface area contributed by atoms with Crippen LogP contribution in [-0.4, -0.2) is 84.1 Å². The number of aromatic nitrogens is 2. The molecule has 0 N–H and O–H groups in total. The SMILES string of the molecule is [C-]#[N+]C[C@H]1CN(c2nc(OC[C@@H]3CCCN3C)nc3cc(-c4cccc5c4[C@H]4C[C@H]4C5)c(F)cc23)CCN1C(=O)C=C. The molecule has 3 aromatic rings. The number of likely N-dealkylation sites (tertiary alicyclic amines) is 1. The largest absolute Gasteiger partial charge is 0.462 e. The second-order valence-corrected chi connectivity index (χ2v) is 12.1. The van der Waals surface area contributed by atoms with Crippen molar-refractivity contribution in [2.45, 2.75) is 43.7 Å². The van der Waals surface area contributed by atoms with E-state index in [4.69, 9.17) is 21.3 Å². The van der Waals surface area contributed by atoms with Crippen molar-refractivity contribution in [3.8, 4) is 17.1 Å². The van der Waals surface area contributed by atoms with E-state index in [1.54, 1.807) is 11.0 Å². The van der Waals surface area contributed by atoms with Crippen LogP contribution in [0.3, 0.4) is 0 Å². The smallest absolute Gasteiger partial charge is 0.319 e. The van der Waals surface area contributed by atoms with Crippen molar-refractivity contribution in [3.63, 3.8) is 0 Å². The molecule has 0 unspecified atom stereocenters. The Balaban J connectivity index is 1.29. The van der Waals surface area contributed by atoms with E-state index in [1.165, 1.54) is 23.6 Å². The second kappa shape index (κ2) is 10.7. The third kappa shape index (κ3) is 4.68. The van der Waals surface area contributed by atoms with Gasteiger partial charge in [0.2, 0.25) is 12.5 Å². The number of halogens is 1. The second-order valence-electron chi connectivity index (χ2n) is 12.1. The van der Waals surface area contributed by atoms with Gasteiger partial charge in [-0.05, 0) is 86.0 Å². The van der Waals surface area contributed by atoms with Crippen molar-refractivity contribution in [2.24, 2.45) is 5.92 Å². The summed E-state index contributed by atoms with van der Waals surface area (Å²) in [7, 11) is 2.10. The van der Waals surface area contributed by atoms with Gasteiger partial charge in [0.15, 0.2) is 0 Å². The first-order chi connectivity index (χ1) is 20.4. The van der Waals surface area contributed by atoms with Crippen LogP contribution in [0.4, 0.5) is 10.2 Å². The number of likely N-dealkylation sites (N-methyl/N-ethyl adjacent to an activating group) is 1. The van der Waals surface area contributed by atoms with Gasteiger partial charge in [0, 0.05) is 36.6 Å². The van der Waals surface area contributed by atoms with Crippen LogP contribution in [-0.2, 0) is 11.2 Å². The summed E-state index contributed by atoms with van der Waals surface area (Å²) in [4.78, 5) is 31.7. The molecule has 1 amide bonds. The summed E-state index contributed by atoms with van der Waals surface area (Å²) in [6.45, 7) is 14.1. The van der Waals surface area contributed by atoms with E-state index in [0.29, 0.717) is 66.4 Å². The maximum atomic E-state index is 16.1. The summed E-state index contributed by atoms with van der Waals surface area (Å²) in [6.07, 6.45) is 5.75. The topological polar surface area (TPSA) is 66.2 Å². The van der Waals surface area contributed by atoms with Crippen LogP contribution in [0.15, 0.2) is 43.0 Å². The summed E-state index contributed by atoms with van der Waals surface area (Å²) < 4.78 is 22.3. The van der Waals surface area contributed by atoms with Crippen LogP contribution in [0.5, 0.6) is 6.01 Å². The highest BCUT2D eigenvalue weighted by molar-refractivity contribution is 5.94. The third-order valence-electron chi connectivity index (χ3n) is 9.62. The number of ether oxygens (including phenoxy) is 1. The van der Waals surface area contributed by atoms with Gasteiger partial charge in [-0.25, -0.2) is 11.0 Å². The van der Waals surface area contributed by atoms with Crippen LogP contribution < -0.4 is 9.64 Å². The highest BCUT2D eigenvalue weighted by atomic mass is 19.1. The van der Waals surface area contributed by atoms with E-state index >= 15 is 4.39 Å². The van der Waals surface area contributed by atoms with Crippen LogP contribution in [0.25, 0.3) is 26.9 Å². The highest BCUT2D eigenvalue weighted by Crippen LogP contribution is 2.58. The Kier molecular flexibility index (Phi) is 6.82. The van der Waals surface area contributed by atoms with Gasteiger partial charge in [-0.3, -0.25) is 4.79 Å². The van der Waals surface area contributed by atoms with E-state index in [0.717, 1.165) is 31.4 Å². The van der Waals surface area contributed by atoms with Crippen LogP contribution in [0.2, 0.25) is 0 Å². The quantitative estimate of drug-likeness (QED) is 0.306. The van der Waals surface area contributed by atoms with Gasteiger partial charge in [0.1, 0.15) is 24.3 Å². The fourth-order valence-electron chi connectivity index (χ4n) is 7.27. The molecular weight excluding hydrogens is 531 g/mol. The number of benzene rings is 2. The van der Waals surface area contributed by atoms with E-state index < -0.39 is 0 Å². The molecule has 2 aliphatic heterocycles. The minimum Gasteiger partial charge on any atom is -0.462 e. The summed E-state index contributed by atoms with van der Waals surface area (Å²) in [5.74, 6) is 1.31. The lowest BCUT2D eigenvalue weighted by atomic mass is 9.93. The van der Waals surface area contributed by atoms with Gasteiger partial charge < -0.3 is 24.3 Å². The van der Waals surface area contributed by atoms with Gasteiger partial charge in [-0.1, -0.05) is 24.8 Å². The maximum Gasteiger partial charge on any atom is 0.319 e. The predicted molar refractivity (Wildman–Crippen MR) is 160 cm³/mol. The van der Waals surface area contributed by atoms with E-state index in [1.807, 2.05) is 23.1 Å². The van der Waals surface area contributed by atoms with E-state index in [-0.39, 0.29) is 30.3 Å². The van der Waals surface area contributed by atoms with Crippen molar-refractivity contribution >= 4 is 22.6 Å². The monoisotopic (exact) mass is 566 g/mol. The zero-order chi connectivity index (χ0) is 29.0. The van der Waals surface area contributed by atoms with E-state index in [2.05, 4.69) is 29.4 Å². The first-order valence-electron chi connectivity index (χ1n) is 14.9. The lowest BCUT2D eigenvalue weighted by molar-refractivity contribution is -0.128. The molecule has 216 valence electrons. The molecule has 1 aromatic heterocycles. The average Bonchev–Trinajstić information content (AvgIpc) is 3.47. The molecule has 8 nitrogen and oxygen atoms in total. The highest BCUT2D eigenvalue weighted by Gasteiger charge is 2.46. The Morgan fingerprint density at radius 1 is 1.21 bits per heavy atom. The lowest BCUT2D eigenvalue weighted by Crippen LogP contribution is -2.56. The summed E-state index contributed by atoms with van der Waals surface area (Å²) >= 11 is 0. The standard InChI is InChI=1S/C33H35FN6O2/c1-4-30(41)40-12-11-39(18-23(40)17-35-2)32-27-15-28(34)26(24-9-5-7-20-13-21-14-25(21)31(20)24)16-29(27)36-33(37-32)42-19-22-8-6-10-38(22)3/h4-5,7,9,15-16,21-23,25H,1,6,8,10-14,17-19H2,3H3/t21-,22+,23+,25+/m1/s1. The molecule has 2 saturated heterocycles. The van der Waals surface area contributed by atoms with Gasteiger partial charge in [0.05, 0.1) is 5.52 Å². The van der Waals surface area contributed by atoms with Crippen molar-refractivity contribution in [3.05, 3.63) is 71.3 Å². The Bertz CT molecular complexity index is 1620. The van der Waals surface area contributed by atoms with Gasteiger partial charge in [0.25, 0.3) is 0 Å². The number of nitrogens with zero attached hydrogens (tertiary/aromatic N) is 6. The third-order valence-corrected chi connectivity index (χ3v) is 9.62. The first-order valence-corrected chi connectivity index (χ1v) is 14.9. The maximum absolute atomic E-state index is 16.1. The summed E-state index contributed by atoms with van der Waals surface area (Å²) in [5.41, 5.74) is 4.77. The molecule has 3 heterocycles. The molecule has 42 heavy (non-hydrogen) atoms. The molecule has 4 atom stereocenters. The van der Waals surface area contributed by atoms with Crippen LogP contribution in [0, 0.1) is 18.3 Å². The van der Waals surface area contributed by atoms with Crippen LogP contribution in [0.1, 0.15) is 36.3 Å². The molecule has 4 aliphatic rings. The number of amides is 1. The van der Waals surface area contributed by atoms with Crippen molar-refractivity contribution < 1.29 is 13.9 Å². The number of carbonyl (C=O) groups is 1. The van der Waals surface area contributed by atoms with Crippen molar-refractivity contribution in [1.29, 1.82) is 0 Å². The average molecular weight is 567 g/mol. The summed E-state index contributed by atoms with van der Waals surface area (Å²) in [5, 5.41) is 0.600. The molecule has 0 radical (unpaired) electrons. The normalized spacial score (nSPS) is 24.8. The number of piperazine rings is 1. The number of hydrogen-bond donors (Lipinski definition) is 0. The Labute approximate surface area is 245 Å². The number of hydrogen-bond acceptors (Lipinski definition) is 6. The fraction of sp³-hybridized carbons (Fsp3) is 0.455. The first kappa shape index (κ1) is 26.8. The molecule has 0 bridgehead atoms. The Morgan fingerprint density at radius 3 is 2.88 bits per heavy atom. The van der Waals surface area contributed by atoms with Crippen molar-refractivity contribution in [1.82, 2.24) is 19.8 Å². The lowest BCUT2D eigenvalue weighted by Gasteiger charge is -2.39. The molecule has 0 spiro atoms. The van der Waals surface area contributed by atoms with Gasteiger partial charge in [-0.2, -0.15) is 9.97 Å². The minimum atomic E-state index is -0.328. The molecule has 9 heteroatoms. The van der Waals surface area contributed by atoms with Crippen LogP contribution >= 0.6 is 0 Å². The van der Waals surface area contributed by atoms with E-state index in [9.17, 15) is 4.79 Å². The number of fused-ring (bicyclic) bond motifs is 4. The zero-order valence-electron chi connectivity index (χ0n) is 23.9. The minimum absolute atomic E-state index is 0.163. The van der Waals surface area contributed by atoms with Gasteiger partial charge in [-0.15, -0.1) is 0 Å².